The van der Waals surface area contributed by atoms with E-state index in [2.05, 4.69) is 0 Å². The first-order chi connectivity index (χ1) is 9.30. The number of ether oxygens (including phenoxy) is 1. The molecular weight excluding hydrogens is 296 g/mol. The number of benzene rings is 1. The highest BCUT2D eigenvalue weighted by Crippen LogP contribution is 2.19. The summed E-state index contributed by atoms with van der Waals surface area (Å²) < 4.78 is 31.6. The molecule has 1 aromatic rings. The Morgan fingerprint density at radius 2 is 2.10 bits per heavy atom. The summed E-state index contributed by atoms with van der Waals surface area (Å²) in [5.74, 6) is 0. The normalized spacial score (nSPS) is 12.1. The number of hydrogen-bond donors (Lipinski definition) is 1. The van der Waals surface area contributed by atoms with Crippen LogP contribution in [0.4, 0.5) is 0 Å². The number of nitrogens with two attached hydrogens (primary N) is 1. The molecule has 0 spiro atoms. The van der Waals surface area contributed by atoms with E-state index in [0.717, 1.165) is 0 Å². The Balaban J connectivity index is 3.19. The molecule has 0 aromatic heterocycles. The topological polar surface area (TPSA) is 72.6 Å². The zero-order valence-corrected chi connectivity index (χ0v) is 13.5. The van der Waals surface area contributed by atoms with Crippen molar-refractivity contribution in [1.82, 2.24) is 4.31 Å². The van der Waals surface area contributed by atoms with Crippen molar-refractivity contribution in [2.75, 3.05) is 20.3 Å². The molecule has 5 nitrogen and oxygen atoms in total. The number of methoxy groups -OCH3 is 1. The van der Waals surface area contributed by atoms with Crippen molar-refractivity contribution < 1.29 is 13.2 Å². The highest BCUT2D eigenvalue weighted by Gasteiger charge is 2.26. The van der Waals surface area contributed by atoms with Crippen LogP contribution >= 0.6 is 12.2 Å². The predicted octanol–water partition coefficient (Wildman–Crippen LogP) is 1.37. The maximum Gasteiger partial charge on any atom is 0.243 e. The Kier molecular flexibility index (Phi) is 6.07. The second kappa shape index (κ2) is 7.12. The minimum absolute atomic E-state index is 0.163. The smallest absolute Gasteiger partial charge is 0.243 e. The van der Waals surface area contributed by atoms with Gasteiger partial charge in [-0.3, -0.25) is 0 Å². The third-order valence-electron chi connectivity index (χ3n) is 2.82. The Bertz CT molecular complexity index is 571. The van der Waals surface area contributed by atoms with Crippen molar-refractivity contribution in [3.8, 4) is 0 Å². The van der Waals surface area contributed by atoms with Crippen molar-refractivity contribution >= 4 is 27.2 Å². The van der Waals surface area contributed by atoms with Crippen LogP contribution in [0.1, 0.15) is 19.4 Å². The highest BCUT2D eigenvalue weighted by molar-refractivity contribution is 7.89. The summed E-state index contributed by atoms with van der Waals surface area (Å²) in [6, 6.07) is 6.20. The summed E-state index contributed by atoms with van der Waals surface area (Å²) >= 11 is 4.88. The van der Waals surface area contributed by atoms with E-state index in [0.29, 0.717) is 18.7 Å². The van der Waals surface area contributed by atoms with Crippen molar-refractivity contribution in [3.63, 3.8) is 0 Å². The SMILES string of the molecule is COCCN(C(C)C)S(=O)(=O)c1cccc(C(N)=S)c1. The van der Waals surface area contributed by atoms with E-state index >= 15 is 0 Å². The van der Waals surface area contributed by atoms with E-state index in [-0.39, 0.29) is 15.9 Å². The Morgan fingerprint density at radius 1 is 1.45 bits per heavy atom. The van der Waals surface area contributed by atoms with Gasteiger partial charge in [0.05, 0.1) is 11.5 Å². The number of sulfonamides is 1. The molecule has 0 aliphatic rings. The van der Waals surface area contributed by atoms with Crippen LogP contribution < -0.4 is 5.73 Å². The molecule has 112 valence electrons. The third-order valence-corrected chi connectivity index (χ3v) is 5.12. The van der Waals surface area contributed by atoms with Crippen LogP contribution in [0.3, 0.4) is 0 Å². The second-order valence-electron chi connectivity index (χ2n) is 4.59. The lowest BCUT2D eigenvalue weighted by molar-refractivity contribution is 0.171. The van der Waals surface area contributed by atoms with Crippen LogP contribution in [0.15, 0.2) is 29.2 Å². The molecule has 0 unspecified atom stereocenters. The maximum absolute atomic E-state index is 12.6. The highest BCUT2D eigenvalue weighted by atomic mass is 32.2. The lowest BCUT2D eigenvalue weighted by Gasteiger charge is -2.25. The van der Waals surface area contributed by atoms with Gasteiger partial charge in [0.2, 0.25) is 10.0 Å². The number of thiocarbonyl (C=S) groups is 1. The van der Waals surface area contributed by atoms with Gasteiger partial charge in [-0.25, -0.2) is 8.42 Å². The molecule has 0 radical (unpaired) electrons. The standard InChI is InChI=1S/C13H20N2O3S2/c1-10(2)15(7-8-18-3)20(16,17)12-6-4-5-11(9-12)13(14)19/h4-6,9-10H,7-8H2,1-3H3,(H2,14,19). The molecule has 2 N–H and O–H groups in total. The molecule has 0 saturated carbocycles. The van der Waals surface area contributed by atoms with Gasteiger partial charge in [0.15, 0.2) is 0 Å². The van der Waals surface area contributed by atoms with E-state index in [4.69, 9.17) is 22.7 Å². The quantitative estimate of drug-likeness (QED) is 0.769. The number of hydrogen-bond acceptors (Lipinski definition) is 4. The van der Waals surface area contributed by atoms with E-state index in [9.17, 15) is 8.42 Å². The van der Waals surface area contributed by atoms with E-state index in [1.807, 2.05) is 13.8 Å². The lowest BCUT2D eigenvalue weighted by atomic mass is 10.2. The van der Waals surface area contributed by atoms with Crippen molar-refractivity contribution in [2.45, 2.75) is 24.8 Å². The first-order valence-corrected chi connectivity index (χ1v) is 8.06. The average molecular weight is 316 g/mol. The Labute approximate surface area is 125 Å². The van der Waals surface area contributed by atoms with Gasteiger partial charge in [-0.05, 0) is 26.0 Å². The van der Waals surface area contributed by atoms with Gasteiger partial charge in [0.1, 0.15) is 4.99 Å². The summed E-state index contributed by atoms with van der Waals surface area (Å²) in [5.41, 5.74) is 6.08. The summed E-state index contributed by atoms with van der Waals surface area (Å²) in [6.07, 6.45) is 0. The molecule has 0 heterocycles. The molecule has 7 heteroatoms. The van der Waals surface area contributed by atoms with Crippen LogP contribution in [0.25, 0.3) is 0 Å². The summed E-state index contributed by atoms with van der Waals surface area (Å²) in [4.78, 5) is 0.364. The summed E-state index contributed by atoms with van der Waals surface area (Å²) in [5, 5.41) is 0. The van der Waals surface area contributed by atoms with Gasteiger partial charge in [-0.2, -0.15) is 4.31 Å². The molecule has 1 rings (SSSR count). The van der Waals surface area contributed by atoms with Gasteiger partial charge in [0, 0.05) is 25.3 Å². The Hall–Kier alpha value is -1.02. The molecule has 0 bridgehead atoms. The van der Waals surface area contributed by atoms with Gasteiger partial charge < -0.3 is 10.5 Å². The Morgan fingerprint density at radius 3 is 2.60 bits per heavy atom. The minimum atomic E-state index is -3.59. The first kappa shape index (κ1) is 17.0. The van der Waals surface area contributed by atoms with Crippen LogP contribution in [-0.2, 0) is 14.8 Å². The molecule has 0 aliphatic heterocycles. The fraction of sp³-hybridized carbons (Fsp3) is 0.462. The van der Waals surface area contributed by atoms with Gasteiger partial charge in [0.25, 0.3) is 0 Å². The van der Waals surface area contributed by atoms with Crippen LogP contribution in [0.2, 0.25) is 0 Å². The van der Waals surface area contributed by atoms with Crippen LogP contribution in [0, 0.1) is 0 Å². The maximum atomic E-state index is 12.6. The van der Waals surface area contributed by atoms with Crippen molar-refractivity contribution in [1.29, 1.82) is 0 Å². The zero-order valence-electron chi connectivity index (χ0n) is 11.9. The molecule has 0 aliphatic carbocycles. The molecule has 0 fully saturated rings. The summed E-state index contributed by atoms with van der Waals surface area (Å²) in [6.45, 7) is 4.29. The monoisotopic (exact) mass is 316 g/mol. The van der Waals surface area contributed by atoms with Crippen molar-refractivity contribution in [3.05, 3.63) is 29.8 Å². The van der Waals surface area contributed by atoms with E-state index in [1.165, 1.54) is 10.4 Å². The molecule has 0 amide bonds. The average Bonchev–Trinajstić information content (AvgIpc) is 2.38. The molecule has 0 atom stereocenters. The molecule has 20 heavy (non-hydrogen) atoms. The van der Waals surface area contributed by atoms with Crippen LogP contribution in [0.5, 0.6) is 0 Å². The van der Waals surface area contributed by atoms with E-state index in [1.54, 1.807) is 25.3 Å². The fourth-order valence-electron chi connectivity index (χ4n) is 1.78. The molecular formula is C13H20N2O3S2. The largest absolute Gasteiger partial charge is 0.389 e. The van der Waals surface area contributed by atoms with Crippen LogP contribution in [-0.4, -0.2) is 44.0 Å². The van der Waals surface area contributed by atoms with Gasteiger partial charge in [-0.15, -0.1) is 0 Å². The fourth-order valence-corrected chi connectivity index (χ4v) is 3.58. The lowest BCUT2D eigenvalue weighted by Crippen LogP contribution is -2.39. The first-order valence-electron chi connectivity index (χ1n) is 6.21. The third kappa shape index (κ3) is 3.99. The van der Waals surface area contributed by atoms with Gasteiger partial charge >= 0.3 is 0 Å². The molecule has 0 saturated heterocycles. The second-order valence-corrected chi connectivity index (χ2v) is 6.92. The zero-order chi connectivity index (χ0) is 15.3. The number of rotatable bonds is 7. The van der Waals surface area contributed by atoms with Crippen molar-refractivity contribution in [2.24, 2.45) is 5.73 Å². The predicted molar refractivity (Wildman–Crippen MR) is 83.2 cm³/mol. The summed E-state index contributed by atoms with van der Waals surface area (Å²) in [7, 11) is -2.05. The molecule has 1 aromatic carbocycles. The van der Waals surface area contributed by atoms with Gasteiger partial charge in [-0.1, -0.05) is 24.4 Å². The van der Waals surface area contributed by atoms with E-state index < -0.39 is 10.0 Å². The number of nitrogens with zero attached hydrogens (tertiary/aromatic N) is 1. The minimum Gasteiger partial charge on any atom is -0.389 e.